The second-order valence-corrected chi connectivity index (χ2v) is 7.46. The third-order valence-electron chi connectivity index (χ3n) is 4.38. The lowest BCUT2D eigenvalue weighted by atomic mass is 10.1. The summed E-state index contributed by atoms with van der Waals surface area (Å²) in [5.41, 5.74) is 4.18. The summed E-state index contributed by atoms with van der Waals surface area (Å²) in [6.07, 6.45) is 0.653. The molecule has 0 amide bonds. The van der Waals surface area contributed by atoms with Gasteiger partial charge in [-0.3, -0.25) is 0 Å². The molecule has 3 rings (SSSR count). The van der Waals surface area contributed by atoms with Crippen LogP contribution in [0.25, 0.3) is 0 Å². The molecule has 0 aliphatic carbocycles. The molecule has 0 atom stereocenters. The number of hydrogen-bond acceptors (Lipinski definition) is 2. The van der Waals surface area contributed by atoms with Gasteiger partial charge in [0.05, 0.1) is 0 Å². The lowest BCUT2D eigenvalue weighted by molar-refractivity contribution is 0.302. The van der Waals surface area contributed by atoms with Crippen LogP contribution in [0.5, 0.6) is 5.75 Å². The van der Waals surface area contributed by atoms with Crippen molar-refractivity contribution < 1.29 is 9.13 Å². The Morgan fingerprint density at radius 2 is 1.74 bits per heavy atom. The zero-order chi connectivity index (χ0) is 19.1. The molecule has 0 spiro atoms. The lowest BCUT2D eigenvalue weighted by Gasteiger charge is -2.13. The molecule has 1 N–H and O–H groups in total. The summed E-state index contributed by atoms with van der Waals surface area (Å²) >= 11 is 3.52. The van der Waals surface area contributed by atoms with E-state index < -0.39 is 0 Å². The summed E-state index contributed by atoms with van der Waals surface area (Å²) < 4.78 is 20.7. The van der Waals surface area contributed by atoms with Crippen LogP contribution < -0.4 is 10.1 Å². The number of halogens is 2. The Kier molecular flexibility index (Phi) is 7.02. The van der Waals surface area contributed by atoms with Crippen LogP contribution in [-0.2, 0) is 19.6 Å². The number of rotatable bonds is 8. The predicted octanol–water partition coefficient (Wildman–Crippen LogP) is 5.81. The standard InChI is InChI=1S/C23H23BrFNO/c1-17-6-8-18(9-7-17)16-27-23-11-10-21(24)14-20(23)15-26-13-12-19-4-2-3-5-22(19)25/h2-11,14,26H,12-13,15-16H2,1H3. The minimum Gasteiger partial charge on any atom is -0.489 e. The number of benzene rings is 3. The largest absolute Gasteiger partial charge is 0.489 e. The number of hydrogen-bond donors (Lipinski definition) is 1. The van der Waals surface area contributed by atoms with Gasteiger partial charge in [0, 0.05) is 16.6 Å². The molecule has 0 fully saturated rings. The second kappa shape index (κ2) is 9.67. The van der Waals surface area contributed by atoms with Crippen LogP contribution in [-0.4, -0.2) is 6.54 Å². The topological polar surface area (TPSA) is 21.3 Å². The van der Waals surface area contributed by atoms with E-state index in [4.69, 9.17) is 4.74 Å². The smallest absolute Gasteiger partial charge is 0.126 e. The average molecular weight is 428 g/mol. The van der Waals surface area contributed by atoms with Gasteiger partial charge in [0.2, 0.25) is 0 Å². The summed E-state index contributed by atoms with van der Waals surface area (Å²) in [4.78, 5) is 0. The molecular formula is C23H23BrFNO. The third kappa shape index (κ3) is 5.91. The van der Waals surface area contributed by atoms with E-state index in [1.165, 1.54) is 11.6 Å². The Morgan fingerprint density at radius 3 is 2.52 bits per heavy atom. The fourth-order valence-corrected chi connectivity index (χ4v) is 3.23. The van der Waals surface area contributed by atoms with Crippen LogP contribution in [0.15, 0.2) is 71.2 Å². The molecule has 0 unspecified atom stereocenters. The molecule has 2 nitrogen and oxygen atoms in total. The minimum atomic E-state index is -0.149. The predicted molar refractivity (Wildman–Crippen MR) is 111 cm³/mol. The molecule has 0 saturated carbocycles. The fourth-order valence-electron chi connectivity index (χ4n) is 2.82. The van der Waals surface area contributed by atoms with E-state index in [0.717, 1.165) is 26.9 Å². The van der Waals surface area contributed by atoms with Gasteiger partial charge in [-0.05, 0) is 55.3 Å². The highest BCUT2D eigenvalue weighted by atomic mass is 79.9. The highest BCUT2D eigenvalue weighted by molar-refractivity contribution is 9.10. The van der Waals surface area contributed by atoms with Crippen molar-refractivity contribution in [3.8, 4) is 5.75 Å². The van der Waals surface area contributed by atoms with Crippen molar-refractivity contribution >= 4 is 15.9 Å². The van der Waals surface area contributed by atoms with Gasteiger partial charge in [-0.15, -0.1) is 0 Å². The first-order chi connectivity index (χ1) is 13.1. The lowest BCUT2D eigenvalue weighted by Crippen LogP contribution is -2.17. The van der Waals surface area contributed by atoms with Gasteiger partial charge < -0.3 is 10.1 Å². The first-order valence-electron chi connectivity index (χ1n) is 9.03. The highest BCUT2D eigenvalue weighted by Crippen LogP contribution is 2.24. The molecule has 3 aromatic rings. The van der Waals surface area contributed by atoms with Gasteiger partial charge in [0.1, 0.15) is 18.2 Å². The molecule has 0 bridgehead atoms. The van der Waals surface area contributed by atoms with Crippen molar-refractivity contribution in [2.24, 2.45) is 0 Å². The van der Waals surface area contributed by atoms with Gasteiger partial charge in [0.25, 0.3) is 0 Å². The summed E-state index contributed by atoms with van der Waals surface area (Å²) in [6, 6.07) is 21.3. The van der Waals surface area contributed by atoms with Crippen LogP contribution >= 0.6 is 15.9 Å². The molecule has 0 aliphatic rings. The van der Waals surface area contributed by atoms with Crippen LogP contribution in [0.3, 0.4) is 0 Å². The van der Waals surface area contributed by atoms with Crippen molar-refractivity contribution in [1.82, 2.24) is 5.32 Å². The molecule has 140 valence electrons. The van der Waals surface area contributed by atoms with E-state index in [1.807, 2.05) is 24.3 Å². The molecule has 0 radical (unpaired) electrons. The van der Waals surface area contributed by atoms with Crippen LogP contribution in [0.2, 0.25) is 0 Å². The van der Waals surface area contributed by atoms with E-state index in [-0.39, 0.29) is 5.82 Å². The molecule has 4 heteroatoms. The average Bonchev–Trinajstić information content (AvgIpc) is 2.67. The fraction of sp³-hybridized carbons (Fsp3) is 0.217. The number of ether oxygens (including phenoxy) is 1. The van der Waals surface area contributed by atoms with E-state index in [2.05, 4.69) is 58.5 Å². The minimum absolute atomic E-state index is 0.149. The Hall–Kier alpha value is -2.17. The van der Waals surface area contributed by atoms with E-state index in [0.29, 0.717) is 26.1 Å². The van der Waals surface area contributed by atoms with Crippen molar-refractivity contribution in [3.05, 3.63) is 99.3 Å². The molecule has 3 aromatic carbocycles. The van der Waals surface area contributed by atoms with E-state index in [9.17, 15) is 4.39 Å². The second-order valence-electron chi connectivity index (χ2n) is 6.54. The Labute approximate surface area is 168 Å². The first kappa shape index (κ1) is 19.6. The molecule has 0 aromatic heterocycles. The summed E-state index contributed by atoms with van der Waals surface area (Å²) in [5, 5.41) is 3.38. The quantitative estimate of drug-likeness (QED) is 0.458. The normalized spacial score (nSPS) is 10.8. The third-order valence-corrected chi connectivity index (χ3v) is 4.88. The maximum atomic E-state index is 13.7. The highest BCUT2D eigenvalue weighted by Gasteiger charge is 2.06. The Balaban J connectivity index is 1.57. The van der Waals surface area contributed by atoms with Crippen LogP contribution in [0.4, 0.5) is 4.39 Å². The van der Waals surface area contributed by atoms with Gasteiger partial charge in [-0.25, -0.2) is 4.39 Å². The van der Waals surface area contributed by atoms with Crippen molar-refractivity contribution in [2.45, 2.75) is 26.5 Å². The first-order valence-corrected chi connectivity index (χ1v) is 9.82. The number of nitrogens with one attached hydrogen (secondary N) is 1. The molecule has 27 heavy (non-hydrogen) atoms. The SMILES string of the molecule is Cc1ccc(COc2ccc(Br)cc2CNCCc2ccccc2F)cc1. The zero-order valence-corrected chi connectivity index (χ0v) is 16.9. The molecule has 0 saturated heterocycles. The van der Waals surface area contributed by atoms with Gasteiger partial charge in [0.15, 0.2) is 0 Å². The molecule has 0 heterocycles. The van der Waals surface area contributed by atoms with Gasteiger partial charge in [-0.2, -0.15) is 0 Å². The number of aryl methyl sites for hydroxylation is 1. The van der Waals surface area contributed by atoms with Crippen molar-refractivity contribution in [2.75, 3.05) is 6.54 Å². The summed E-state index contributed by atoms with van der Waals surface area (Å²) in [7, 11) is 0. The Bertz CT molecular complexity index is 880. The Morgan fingerprint density at radius 1 is 0.963 bits per heavy atom. The maximum absolute atomic E-state index is 13.7. The van der Waals surface area contributed by atoms with Crippen LogP contribution in [0, 0.1) is 12.7 Å². The van der Waals surface area contributed by atoms with Gasteiger partial charge >= 0.3 is 0 Å². The monoisotopic (exact) mass is 427 g/mol. The summed E-state index contributed by atoms with van der Waals surface area (Å²) in [5.74, 6) is 0.709. The van der Waals surface area contributed by atoms with Crippen LogP contribution in [0.1, 0.15) is 22.3 Å². The van der Waals surface area contributed by atoms with Gasteiger partial charge in [-0.1, -0.05) is 64.0 Å². The maximum Gasteiger partial charge on any atom is 0.126 e. The molecule has 0 aliphatic heterocycles. The summed E-state index contributed by atoms with van der Waals surface area (Å²) in [6.45, 7) is 3.97. The molecular weight excluding hydrogens is 405 g/mol. The van der Waals surface area contributed by atoms with Crippen molar-refractivity contribution in [3.63, 3.8) is 0 Å². The van der Waals surface area contributed by atoms with E-state index in [1.54, 1.807) is 6.07 Å². The zero-order valence-electron chi connectivity index (χ0n) is 15.3. The van der Waals surface area contributed by atoms with E-state index >= 15 is 0 Å². The van der Waals surface area contributed by atoms with Crippen molar-refractivity contribution in [1.29, 1.82) is 0 Å².